The number of methoxy groups -OCH3 is 1. The van der Waals surface area contributed by atoms with Crippen LogP contribution in [-0.4, -0.2) is 53.3 Å². The molecule has 0 aliphatic carbocycles. The maximum atomic E-state index is 12.3. The molecule has 2 heterocycles. The molecule has 24 heavy (non-hydrogen) atoms. The Morgan fingerprint density at radius 2 is 1.96 bits per heavy atom. The molecule has 1 aromatic carbocycles. The minimum absolute atomic E-state index is 0.0434. The number of nitrogens with one attached hydrogen (secondary N) is 2. The van der Waals surface area contributed by atoms with Gasteiger partial charge in [0.1, 0.15) is 5.69 Å². The zero-order valence-corrected chi connectivity index (χ0v) is 13.5. The number of aromatic amines is 1. The number of piperidine rings is 1. The van der Waals surface area contributed by atoms with Gasteiger partial charge in [0.25, 0.3) is 5.91 Å². The molecule has 0 bridgehead atoms. The summed E-state index contributed by atoms with van der Waals surface area (Å²) in [4.78, 5) is 25.4. The third-order valence-corrected chi connectivity index (χ3v) is 4.16. The Kier molecular flexibility index (Phi) is 4.79. The van der Waals surface area contributed by atoms with Crippen molar-refractivity contribution in [3.63, 3.8) is 0 Å². The number of aromatic nitrogens is 2. The van der Waals surface area contributed by atoms with Crippen molar-refractivity contribution in [2.24, 2.45) is 0 Å². The Balaban J connectivity index is 1.57. The fraction of sp³-hybridized carbons (Fsp3) is 0.353. The lowest BCUT2D eigenvalue weighted by atomic mass is 10.1. The number of amides is 2. The maximum Gasteiger partial charge on any atom is 0.409 e. The first-order valence-corrected chi connectivity index (χ1v) is 7.92. The van der Waals surface area contributed by atoms with E-state index in [0.29, 0.717) is 31.6 Å². The van der Waals surface area contributed by atoms with E-state index in [4.69, 9.17) is 4.74 Å². The highest BCUT2D eigenvalue weighted by Crippen LogP contribution is 2.17. The van der Waals surface area contributed by atoms with Gasteiger partial charge in [-0.2, -0.15) is 5.10 Å². The van der Waals surface area contributed by atoms with Crippen molar-refractivity contribution in [1.82, 2.24) is 20.4 Å². The van der Waals surface area contributed by atoms with Crippen LogP contribution in [-0.2, 0) is 4.74 Å². The summed E-state index contributed by atoms with van der Waals surface area (Å²) in [5, 5.41) is 9.96. The van der Waals surface area contributed by atoms with Crippen molar-refractivity contribution in [2.75, 3.05) is 20.2 Å². The first kappa shape index (κ1) is 16.0. The molecular formula is C17H20N4O3. The van der Waals surface area contributed by atoms with Crippen LogP contribution in [0.1, 0.15) is 23.3 Å². The normalized spacial score (nSPS) is 15.1. The van der Waals surface area contributed by atoms with Gasteiger partial charge in [-0.25, -0.2) is 4.79 Å². The van der Waals surface area contributed by atoms with Gasteiger partial charge in [0, 0.05) is 24.7 Å². The molecule has 1 fully saturated rings. The van der Waals surface area contributed by atoms with Gasteiger partial charge in [-0.1, -0.05) is 30.3 Å². The Labute approximate surface area is 140 Å². The molecule has 0 atom stereocenters. The van der Waals surface area contributed by atoms with Crippen molar-refractivity contribution >= 4 is 12.0 Å². The molecule has 0 radical (unpaired) electrons. The van der Waals surface area contributed by atoms with Crippen LogP contribution >= 0.6 is 0 Å². The summed E-state index contributed by atoms with van der Waals surface area (Å²) in [6.07, 6.45) is 1.10. The highest BCUT2D eigenvalue weighted by molar-refractivity contribution is 5.93. The van der Waals surface area contributed by atoms with Gasteiger partial charge in [-0.15, -0.1) is 0 Å². The number of ether oxygens (including phenoxy) is 1. The van der Waals surface area contributed by atoms with E-state index in [0.717, 1.165) is 11.3 Å². The summed E-state index contributed by atoms with van der Waals surface area (Å²) in [7, 11) is 1.37. The van der Waals surface area contributed by atoms with E-state index in [1.165, 1.54) is 7.11 Å². The first-order valence-electron chi connectivity index (χ1n) is 7.92. The molecule has 1 saturated heterocycles. The molecular weight excluding hydrogens is 308 g/mol. The molecule has 7 nitrogen and oxygen atoms in total. The van der Waals surface area contributed by atoms with Crippen molar-refractivity contribution in [1.29, 1.82) is 0 Å². The molecule has 1 aliphatic heterocycles. The van der Waals surface area contributed by atoms with E-state index in [-0.39, 0.29) is 18.0 Å². The summed E-state index contributed by atoms with van der Waals surface area (Å²) in [6, 6.07) is 11.5. The molecule has 7 heteroatoms. The second kappa shape index (κ2) is 7.16. The van der Waals surface area contributed by atoms with Gasteiger partial charge >= 0.3 is 6.09 Å². The average Bonchev–Trinajstić information content (AvgIpc) is 3.13. The number of benzene rings is 1. The van der Waals surface area contributed by atoms with Crippen molar-refractivity contribution in [2.45, 2.75) is 18.9 Å². The van der Waals surface area contributed by atoms with Crippen molar-refractivity contribution < 1.29 is 14.3 Å². The largest absolute Gasteiger partial charge is 0.453 e. The summed E-state index contributed by atoms with van der Waals surface area (Å²) in [5.41, 5.74) is 2.13. The second-order valence-corrected chi connectivity index (χ2v) is 5.74. The number of rotatable bonds is 3. The zero-order valence-electron chi connectivity index (χ0n) is 13.5. The Hall–Kier alpha value is -2.83. The fourth-order valence-electron chi connectivity index (χ4n) is 2.79. The van der Waals surface area contributed by atoms with Gasteiger partial charge < -0.3 is 15.0 Å². The van der Waals surface area contributed by atoms with Gasteiger partial charge in [0.05, 0.1) is 12.8 Å². The molecule has 2 aromatic rings. The van der Waals surface area contributed by atoms with Crippen LogP contribution in [0.3, 0.4) is 0 Å². The second-order valence-electron chi connectivity index (χ2n) is 5.74. The maximum absolute atomic E-state index is 12.3. The van der Waals surface area contributed by atoms with Crippen LogP contribution in [0.25, 0.3) is 11.3 Å². The summed E-state index contributed by atoms with van der Waals surface area (Å²) in [6.45, 7) is 1.16. The van der Waals surface area contributed by atoms with Crippen LogP contribution in [0.2, 0.25) is 0 Å². The molecule has 2 N–H and O–H groups in total. The van der Waals surface area contributed by atoms with E-state index in [1.807, 2.05) is 30.3 Å². The molecule has 2 amide bonds. The quantitative estimate of drug-likeness (QED) is 0.902. The lowest BCUT2D eigenvalue weighted by Crippen LogP contribution is -2.46. The SMILES string of the molecule is COC(=O)N1CCC(NC(=O)c2cc(-c3ccccc3)n[nH]2)CC1. The lowest BCUT2D eigenvalue weighted by Gasteiger charge is -2.31. The third-order valence-electron chi connectivity index (χ3n) is 4.16. The monoisotopic (exact) mass is 328 g/mol. The minimum Gasteiger partial charge on any atom is -0.453 e. The summed E-state index contributed by atoms with van der Waals surface area (Å²) < 4.78 is 4.71. The predicted molar refractivity (Wildman–Crippen MR) is 88.5 cm³/mol. The van der Waals surface area contributed by atoms with Crippen LogP contribution in [0.5, 0.6) is 0 Å². The zero-order chi connectivity index (χ0) is 16.9. The van der Waals surface area contributed by atoms with Crippen LogP contribution < -0.4 is 5.32 Å². The van der Waals surface area contributed by atoms with Crippen LogP contribution in [0.4, 0.5) is 4.79 Å². The van der Waals surface area contributed by atoms with E-state index >= 15 is 0 Å². The van der Waals surface area contributed by atoms with Gasteiger partial charge in [-0.05, 0) is 18.9 Å². The summed E-state index contributed by atoms with van der Waals surface area (Å²) in [5.74, 6) is -0.179. The van der Waals surface area contributed by atoms with E-state index in [2.05, 4.69) is 15.5 Å². The highest BCUT2D eigenvalue weighted by Gasteiger charge is 2.25. The van der Waals surface area contributed by atoms with E-state index in [1.54, 1.807) is 11.0 Å². The Morgan fingerprint density at radius 1 is 1.25 bits per heavy atom. The number of H-pyrrole nitrogens is 1. The van der Waals surface area contributed by atoms with Crippen molar-refractivity contribution in [3.8, 4) is 11.3 Å². The predicted octanol–water partition coefficient (Wildman–Crippen LogP) is 2.04. The molecule has 3 rings (SSSR count). The Bertz CT molecular complexity index is 706. The topological polar surface area (TPSA) is 87.3 Å². The number of hydrogen-bond donors (Lipinski definition) is 2. The van der Waals surface area contributed by atoms with Crippen LogP contribution in [0, 0.1) is 0 Å². The number of hydrogen-bond acceptors (Lipinski definition) is 4. The van der Waals surface area contributed by atoms with Crippen molar-refractivity contribution in [3.05, 3.63) is 42.1 Å². The number of likely N-dealkylation sites (tertiary alicyclic amines) is 1. The molecule has 1 aromatic heterocycles. The highest BCUT2D eigenvalue weighted by atomic mass is 16.5. The van der Waals surface area contributed by atoms with Gasteiger partial charge in [-0.3, -0.25) is 9.89 Å². The molecule has 0 spiro atoms. The summed E-state index contributed by atoms with van der Waals surface area (Å²) >= 11 is 0. The van der Waals surface area contributed by atoms with E-state index in [9.17, 15) is 9.59 Å². The molecule has 1 aliphatic rings. The van der Waals surface area contributed by atoms with E-state index < -0.39 is 0 Å². The number of carbonyl (C=O) groups is 2. The fourth-order valence-corrected chi connectivity index (χ4v) is 2.79. The van der Waals surface area contributed by atoms with Crippen LogP contribution in [0.15, 0.2) is 36.4 Å². The standard InChI is InChI=1S/C17H20N4O3/c1-24-17(23)21-9-7-13(8-10-21)18-16(22)15-11-14(19-20-15)12-5-3-2-4-6-12/h2-6,11,13H,7-10H2,1H3,(H,18,22)(H,19,20). The molecule has 0 saturated carbocycles. The average molecular weight is 328 g/mol. The lowest BCUT2D eigenvalue weighted by molar-refractivity contribution is 0.0887. The molecule has 0 unspecified atom stereocenters. The molecule has 126 valence electrons. The van der Waals surface area contributed by atoms with Gasteiger partial charge in [0.2, 0.25) is 0 Å². The number of carbonyl (C=O) groups excluding carboxylic acids is 2. The van der Waals surface area contributed by atoms with Gasteiger partial charge in [0.15, 0.2) is 0 Å². The smallest absolute Gasteiger partial charge is 0.409 e. The minimum atomic E-state index is -0.319. The Morgan fingerprint density at radius 3 is 2.62 bits per heavy atom. The number of nitrogens with zero attached hydrogens (tertiary/aromatic N) is 2. The first-order chi connectivity index (χ1) is 11.7. The third kappa shape index (κ3) is 3.56.